The molecule has 0 aliphatic heterocycles. The molecule has 0 aliphatic rings. The summed E-state index contributed by atoms with van der Waals surface area (Å²) in [6.45, 7) is 3.84. The third-order valence-electron chi connectivity index (χ3n) is 5.84. The van der Waals surface area contributed by atoms with Gasteiger partial charge < -0.3 is 10.1 Å². The number of aromatic nitrogens is 2. The van der Waals surface area contributed by atoms with Crippen molar-refractivity contribution in [3.05, 3.63) is 112 Å². The number of amides is 2. The van der Waals surface area contributed by atoms with E-state index in [1.54, 1.807) is 49.8 Å². The molecule has 4 aromatic rings. The van der Waals surface area contributed by atoms with Gasteiger partial charge in [0.2, 0.25) is 0 Å². The molecule has 0 bridgehead atoms. The molecule has 0 saturated heterocycles. The zero-order valence-electron chi connectivity index (χ0n) is 20.8. The SMILES string of the molecule is C/C(=N\NC(=O)C(=O)Nc1c(C)n(C)n(-c2ccccc2)c1=O)c1ccc(OCc2ccccc2)cc1. The van der Waals surface area contributed by atoms with Gasteiger partial charge in [0, 0.05) is 7.05 Å². The van der Waals surface area contributed by atoms with Gasteiger partial charge in [0.1, 0.15) is 18.0 Å². The number of hydrazone groups is 1. The molecule has 37 heavy (non-hydrogen) atoms. The lowest BCUT2D eigenvalue weighted by molar-refractivity contribution is -0.136. The summed E-state index contributed by atoms with van der Waals surface area (Å²) < 4.78 is 8.81. The fourth-order valence-electron chi connectivity index (χ4n) is 3.67. The number of carbonyl (C=O) groups excluding carboxylic acids is 2. The van der Waals surface area contributed by atoms with Crippen LogP contribution < -0.4 is 21.0 Å². The standard InChI is InChI=1S/C28H27N5O4/c1-19(22-14-16-24(17-15-22)37-18-21-10-6-4-7-11-21)30-31-27(35)26(34)29-25-20(2)32(3)33(28(25)36)23-12-8-5-9-13-23/h4-17H,18H2,1-3H3,(H,29,34)(H,31,35)/b30-19+. The first-order valence-corrected chi connectivity index (χ1v) is 11.6. The summed E-state index contributed by atoms with van der Waals surface area (Å²) in [5.41, 5.74) is 5.28. The van der Waals surface area contributed by atoms with Crippen molar-refractivity contribution >= 4 is 23.2 Å². The molecule has 4 rings (SSSR count). The van der Waals surface area contributed by atoms with E-state index < -0.39 is 17.4 Å². The summed E-state index contributed by atoms with van der Waals surface area (Å²) >= 11 is 0. The number of para-hydroxylation sites is 1. The second-order valence-corrected chi connectivity index (χ2v) is 8.33. The molecule has 9 heteroatoms. The van der Waals surface area contributed by atoms with E-state index >= 15 is 0 Å². The number of nitrogens with zero attached hydrogens (tertiary/aromatic N) is 3. The van der Waals surface area contributed by atoms with Crippen LogP contribution in [0.1, 0.15) is 23.7 Å². The molecule has 1 aromatic heterocycles. The summed E-state index contributed by atoms with van der Waals surface area (Å²) in [5.74, 6) is -1.29. The topological polar surface area (TPSA) is 107 Å². The van der Waals surface area contributed by atoms with Crippen molar-refractivity contribution in [2.24, 2.45) is 12.1 Å². The van der Waals surface area contributed by atoms with Crippen LogP contribution in [0.25, 0.3) is 5.69 Å². The van der Waals surface area contributed by atoms with E-state index in [-0.39, 0.29) is 5.69 Å². The molecule has 0 saturated carbocycles. The van der Waals surface area contributed by atoms with Gasteiger partial charge in [-0.15, -0.1) is 0 Å². The van der Waals surface area contributed by atoms with Gasteiger partial charge in [-0.25, -0.2) is 10.1 Å². The van der Waals surface area contributed by atoms with Crippen molar-refractivity contribution in [1.29, 1.82) is 0 Å². The van der Waals surface area contributed by atoms with E-state index in [4.69, 9.17) is 4.74 Å². The monoisotopic (exact) mass is 497 g/mol. The van der Waals surface area contributed by atoms with Crippen molar-refractivity contribution in [2.75, 3.05) is 5.32 Å². The van der Waals surface area contributed by atoms with Crippen LogP contribution in [0.5, 0.6) is 5.75 Å². The third kappa shape index (κ3) is 5.84. The summed E-state index contributed by atoms with van der Waals surface area (Å²) in [5, 5.41) is 6.44. The summed E-state index contributed by atoms with van der Waals surface area (Å²) in [7, 11) is 1.70. The van der Waals surface area contributed by atoms with Gasteiger partial charge >= 0.3 is 11.8 Å². The molecule has 2 N–H and O–H groups in total. The Hall–Kier alpha value is -4.92. The van der Waals surface area contributed by atoms with Crippen molar-refractivity contribution in [3.8, 4) is 11.4 Å². The van der Waals surface area contributed by atoms with Gasteiger partial charge in [-0.3, -0.25) is 19.1 Å². The van der Waals surface area contributed by atoms with Gasteiger partial charge in [-0.1, -0.05) is 48.5 Å². The number of anilines is 1. The zero-order valence-corrected chi connectivity index (χ0v) is 20.8. The van der Waals surface area contributed by atoms with Crippen molar-refractivity contribution in [1.82, 2.24) is 14.8 Å². The van der Waals surface area contributed by atoms with E-state index in [1.807, 2.05) is 60.7 Å². The van der Waals surface area contributed by atoms with Crippen molar-refractivity contribution in [2.45, 2.75) is 20.5 Å². The largest absolute Gasteiger partial charge is 0.489 e. The van der Waals surface area contributed by atoms with Gasteiger partial charge in [-0.2, -0.15) is 5.10 Å². The van der Waals surface area contributed by atoms with E-state index in [0.29, 0.717) is 29.4 Å². The Balaban J connectivity index is 1.37. The van der Waals surface area contributed by atoms with Crippen LogP contribution in [0.2, 0.25) is 0 Å². The molecule has 1 heterocycles. The van der Waals surface area contributed by atoms with Crippen LogP contribution in [-0.2, 0) is 23.2 Å². The molecular formula is C28H27N5O4. The molecule has 0 radical (unpaired) electrons. The molecule has 0 unspecified atom stereocenters. The van der Waals surface area contributed by atoms with E-state index in [9.17, 15) is 14.4 Å². The smallest absolute Gasteiger partial charge is 0.329 e. The Morgan fingerprint density at radius 2 is 1.51 bits per heavy atom. The molecular weight excluding hydrogens is 470 g/mol. The molecule has 0 atom stereocenters. The van der Waals surface area contributed by atoms with E-state index in [0.717, 1.165) is 11.1 Å². The molecule has 188 valence electrons. The van der Waals surface area contributed by atoms with Crippen LogP contribution in [-0.4, -0.2) is 26.9 Å². The van der Waals surface area contributed by atoms with Crippen LogP contribution in [0.15, 0.2) is 94.8 Å². The fourth-order valence-corrected chi connectivity index (χ4v) is 3.67. The van der Waals surface area contributed by atoms with Crippen LogP contribution in [0, 0.1) is 6.92 Å². The second kappa shape index (κ2) is 11.2. The van der Waals surface area contributed by atoms with Crippen molar-refractivity contribution < 1.29 is 14.3 Å². The second-order valence-electron chi connectivity index (χ2n) is 8.33. The van der Waals surface area contributed by atoms with E-state index in [1.165, 1.54) is 4.68 Å². The van der Waals surface area contributed by atoms with Crippen LogP contribution in [0.3, 0.4) is 0 Å². The number of ether oxygens (including phenoxy) is 1. The molecule has 0 fully saturated rings. The van der Waals surface area contributed by atoms with Crippen molar-refractivity contribution in [3.63, 3.8) is 0 Å². The fraction of sp³-hybridized carbons (Fsp3) is 0.143. The number of carbonyl (C=O) groups is 2. The number of benzene rings is 3. The first-order chi connectivity index (χ1) is 17.8. The van der Waals surface area contributed by atoms with Gasteiger partial charge in [0.25, 0.3) is 5.56 Å². The van der Waals surface area contributed by atoms with Gasteiger partial charge in [-0.05, 0) is 61.4 Å². The average molecular weight is 498 g/mol. The molecule has 0 spiro atoms. The van der Waals surface area contributed by atoms with Crippen LogP contribution in [0.4, 0.5) is 5.69 Å². The summed E-state index contributed by atoms with van der Waals surface area (Å²) in [6, 6.07) is 26.1. The first-order valence-electron chi connectivity index (χ1n) is 11.6. The van der Waals surface area contributed by atoms with Crippen LogP contribution >= 0.6 is 0 Å². The zero-order chi connectivity index (χ0) is 26.4. The molecule has 9 nitrogen and oxygen atoms in total. The predicted octanol–water partition coefficient (Wildman–Crippen LogP) is 3.54. The highest BCUT2D eigenvalue weighted by Crippen LogP contribution is 2.16. The van der Waals surface area contributed by atoms with Gasteiger partial charge in [0.15, 0.2) is 0 Å². The Morgan fingerprint density at radius 3 is 2.16 bits per heavy atom. The number of hydrogen-bond acceptors (Lipinski definition) is 5. The highest BCUT2D eigenvalue weighted by Gasteiger charge is 2.21. The number of nitrogens with one attached hydrogen (secondary N) is 2. The lowest BCUT2D eigenvalue weighted by Gasteiger charge is -2.08. The summed E-state index contributed by atoms with van der Waals surface area (Å²) in [4.78, 5) is 37.8. The Labute approximate surface area is 214 Å². The Kier molecular flexibility index (Phi) is 7.63. The van der Waals surface area contributed by atoms with E-state index in [2.05, 4.69) is 15.8 Å². The third-order valence-corrected chi connectivity index (χ3v) is 5.84. The maximum absolute atomic E-state index is 12.9. The normalized spacial score (nSPS) is 11.2. The Morgan fingerprint density at radius 1 is 0.892 bits per heavy atom. The maximum atomic E-state index is 12.9. The summed E-state index contributed by atoms with van der Waals surface area (Å²) in [6.07, 6.45) is 0. The predicted molar refractivity (Wildman–Crippen MR) is 142 cm³/mol. The lowest BCUT2D eigenvalue weighted by atomic mass is 10.1. The highest BCUT2D eigenvalue weighted by atomic mass is 16.5. The molecule has 2 amide bonds. The highest BCUT2D eigenvalue weighted by molar-refractivity contribution is 6.39. The maximum Gasteiger partial charge on any atom is 0.329 e. The quantitative estimate of drug-likeness (QED) is 0.231. The number of rotatable bonds is 7. The first kappa shape index (κ1) is 25.2. The Bertz CT molecular complexity index is 1490. The minimum atomic E-state index is -0.993. The van der Waals surface area contributed by atoms with Gasteiger partial charge in [0.05, 0.1) is 17.1 Å². The lowest BCUT2D eigenvalue weighted by Crippen LogP contribution is -2.34. The minimum absolute atomic E-state index is 0.0262. The minimum Gasteiger partial charge on any atom is -0.489 e. The molecule has 0 aliphatic carbocycles. The average Bonchev–Trinajstić information content (AvgIpc) is 3.14. The number of hydrogen-bond donors (Lipinski definition) is 2. The molecule has 3 aromatic carbocycles.